The molecule has 0 saturated heterocycles. The molecule has 0 fully saturated rings. The van der Waals surface area contributed by atoms with Crippen LogP contribution in [-0.4, -0.2) is 15.3 Å². The molecule has 12 heavy (non-hydrogen) atoms. The molecular formula is C9H19NOS. The highest BCUT2D eigenvalue weighted by atomic mass is 32.2. The van der Waals surface area contributed by atoms with Crippen LogP contribution in [0.4, 0.5) is 0 Å². The zero-order valence-corrected chi connectivity index (χ0v) is 9.20. The van der Waals surface area contributed by atoms with Gasteiger partial charge in [-0.25, -0.2) is 0 Å². The van der Waals surface area contributed by atoms with E-state index in [9.17, 15) is 4.55 Å². The largest absolute Gasteiger partial charge is 0.598 e. The molecule has 0 aromatic carbocycles. The van der Waals surface area contributed by atoms with Gasteiger partial charge in [-0.05, 0) is 34.1 Å². The van der Waals surface area contributed by atoms with E-state index in [-0.39, 0.29) is 10.8 Å². The molecule has 0 rings (SSSR count). The van der Waals surface area contributed by atoms with Crippen LogP contribution in [-0.2, 0) is 11.4 Å². The summed E-state index contributed by atoms with van der Waals surface area (Å²) >= 11 is -0.967. The highest BCUT2D eigenvalue weighted by Gasteiger charge is 2.27. The Morgan fingerprint density at radius 2 is 2.08 bits per heavy atom. The van der Waals surface area contributed by atoms with E-state index in [0.717, 1.165) is 6.42 Å². The lowest BCUT2D eigenvalue weighted by Gasteiger charge is -2.25. The van der Waals surface area contributed by atoms with Crippen LogP contribution in [0.15, 0.2) is 12.7 Å². The highest BCUT2D eigenvalue weighted by molar-refractivity contribution is 7.90. The maximum absolute atomic E-state index is 11.5. The minimum atomic E-state index is -0.967. The SMILES string of the molecule is C=CCC(C)N[S+]([O-])C(C)(C)C. The molecule has 0 bridgehead atoms. The van der Waals surface area contributed by atoms with Gasteiger partial charge in [-0.3, -0.25) is 0 Å². The summed E-state index contributed by atoms with van der Waals surface area (Å²) in [5, 5.41) is 0. The Hall–Kier alpha value is 0.01000. The minimum absolute atomic E-state index is 0.185. The minimum Gasteiger partial charge on any atom is -0.598 e. The van der Waals surface area contributed by atoms with Crippen LogP contribution < -0.4 is 4.72 Å². The Kier molecular flexibility index (Phi) is 4.90. The summed E-state index contributed by atoms with van der Waals surface area (Å²) in [4.78, 5) is 0. The molecule has 0 aliphatic rings. The second-order valence-electron chi connectivity index (χ2n) is 3.92. The number of rotatable bonds is 4. The Morgan fingerprint density at radius 1 is 1.58 bits per heavy atom. The van der Waals surface area contributed by atoms with Crippen molar-refractivity contribution in [3.05, 3.63) is 12.7 Å². The van der Waals surface area contributed by atoms with E-state index in [4.69, 9.17) is 0 Å². The van der Waals surface area contributed by atoms with Gasteiger partial charge in [0.2, 0.25) is 0 Å². The Labute approximate surface area is 78.7 Å². The summed E-state index contributed by atoms with van der Waals surface area (Å²) in [6.45, 7) is 11.5. The number of hydrogen-bond donors (Lipinski definition) is 1. The van der Waals surface area contributed by atoms with Gasteiger partial charge in [-0.1, -0.05) is 6.08 Å². The van der Waals surface area contributed by atoms with Crippen LogP contribution in [0.2, 0.25) is 0 Å². The first kappa shape index (κ1) is 12.0. The average molecular weight is 189 g/mol. The smallest absolute Gasteiger partial charge is 0.136 e. The van der Waals surface area contributed by atoms with Gasteiger partial charge in [-0.15, -0.1) is 11.3 Å². The number of nitrogens with one attached hydrogen (secondary N) is 1. The van der Waals surface area contributed by atoms with Gasteiger partial charge in [0.25, 0.3) is 0 Å². The molecule has 0 spiro atoms. The van der Waals surface area contributed by atoms with Crippen molar-refractivity contribution < 1.29 is 4.55 Å². The second-order valence-corrected chi connectivity index (χ2v) is 5.92. The maximum Gasteiger partial charge on any atom is 0.136 e. The van der Waals surface area contributed by atoms with E-state index >= 15 is 0 Å². The molecule has 2 unspecified atom stereocenters. The van der Waals surface area contributed by atoms with Gasteiger partial charge in [0.1, 0.15) is 4.75 Å². The van der Waals surface area contributed by atoms with Crippen molar-refractivity contribution in [3.8, 4) is 0 Å². The predicted octanol–water partition coefficient (Wildman–Crippen LogP) is 2.00. The average Bonchev–Trinajstić information content (AvgIpc) is 1.85. The van der Waals surface area contributed by atoms with Crippen LogP contribution in [0.5, 0.6) is 0 Å². The lowest BCUT2D eigenvalue weighted by atomic mass is 10.2. The fourth-order valence-corrected chi connectivity index (χ4v) is 1.47. The summed E-state index contributed by atoms with van der Waals surface area (Å²) in [7, 11) is 0. The Morgan fingerprint density at radius 3 is 2.42 bits per heavy atom. The van der Waals surface area contributed by atoms with Gasteiger partial charge in [-0.2, -0.15) is 0 Å². The molecule has 0 aliphatic heterocycles. The van der Waals surface area contributed by atoms with E-state index in [1.54, 1.807) is 0 Å². The summed E-state index contributed by atoms with van der Waals surface area (Å²) in [6, 6.07) is 0.238. The van der Waals surface area contributed by atoms with Crippen molar-refractivity contribution in [1.82, 2.24) is 4.72 Å². The Balaban J connectivity index is 3.83. The van der Waals surface area contributed by atoms with Gasteiger partial charge >= 0.3 is 0 Å². The third kappa shape index (κ3) is 4.80. The molecule has 3 heteroatoms. The molecule has 1 N–H and O–H groups in total. The molecule has 0 amide bonds. The topological polar surface area (TPSA) is 35.1 Å². The van der Waals surface area contributed by atoms with Gasteiger partial charge in [0.05, 0.1) is 6.04 Å². The van der Waals surface area contributed by atoms with E-state index in [0.29, 0.717) is 0 Å². The first-order chi connectivity index (χ1) is 5.38. The van der Waals surface area contributed by atoms with Crippen molar-refractivity contribution >= 4 is 11.4 Å². The zero-order valence-electron chi connectivity index (χ0n) is 8.39. The summed E-state index contributed by atoms with van der Waals surface area (Å²) in [5.74, 6) is 0. The van der Waals surface area contributed by atoms with Crippen molar-refractivity contribution in [3.63, 3.8) is 0 Å². The lowest BCUT2D eigenvalue weighted by molar-refractivity contribution is 0.528. The fraction of sp³-hybridized carbons (Fsp3) is 0.778. The quantitative estimate of drug-likeness (QED) is 0.542. The third-order valence-electron chi connectivity index (χ3n) is 1.38. The molecule has 0 aliphatic carbocycles. The van der Waals surface area contributed by atoms with Gasteiger partial charge in [0, 0.05) is 11.4 Å². The first-order valence-electron chi connectivity index (χ1n) is 4.17. The fourth-order valence-electron chi connectivity index (χ4n) is 0.658. The summed E-state index contributed by atoms with van der Waals surface area (Å²) < 4.78 is 14.4. The van der Waals surface area contributed by atoms with E-state index in [1.807, 2.05) is 33.8 Å². The van der Waals surface area contributed by atoms with E-state index < -0.39 is 11.4 Å². The summed E-state index contributed by atoms with van der Waals surface area (Å²) in [6.07, 6.45) is 2.68. The molecular weight excluding hydrogens is 170 g/mol. The monoisotopic (exact) mass is 189 g/mol. The lowest BCUT2D eigenvalue weighted by Crippen LogP contribution is -2.43. The third-order valence-corrected chi connectivity index (χ3v) is 3.11. The summed E-state index contributed by atoms with van der Waals surface area (Å²) in [5.41, 5.74) is 0. The van der Waals surface area contributed by atoms with Crippen molar-refractivity contribution in [1.29, 1.82) is 0 Å². The van der Waals surface area contributed by atoms with Crippen molar-refractivity contribution in [2.75, 3.05) is 0 Å². The van der Waals surface area contributed by atoms with Crippen molar-refractivity contribution in [2.24, 2.45) is 0 Å². The second kappa shape index (κ2) is 4.90. The molecule has 2 nitrogen and oxygen atoms in total. The van der Waals surface area contributed by atoms with Crippen LogP contribution in [0.25, 0.3) is 0 Å². The molecule has 0 aromatic heterocycles. The van der Waals surface area contributed by atoms with Crippen LogP contribution >= 0.6 is 0 Å². The van der Waals surface area contributed by atoms with Crippen LogP contribution in [0, 0.1) is 0 Å². The highest BCUT2D eigenvalue weighted by Crippen LogP contribution is 2.14. The van der Waals surface area contributed by atoms with Gasteiger partial charge < -0.3 is 4.55 Å². The molecule has 2 atom stereocenters. The normalized spacial score (nSPS) is 17.1. The van der Waals surface area contributed by atoms with E-state index in [2.05, 4.69) is 11.3 Å². The molecule has 72 valence electrons. The maximum atomic E-state index is 11.5. The van der Waals surface area contributed by atoms with Crippen LogP contribution in [0.1, 0.15) is 34.1 Å². The first-order valence-corrected chi connectivity index (χ1v) is 5.32. The van der Waals surface area contributed by atoms with Gasteiger partial charge in [0.15, 0.2) is 0 Å². The molecule has 0 saturated carbocycles. The zero-order chi connectivity index (χ0) is 9.78. The standard InChI is InChI=1S/C9H19NOS/c1-6-7-8(2)10-12(11)9(3,4)5/h6,8,10H,1,7H2,2-5H3. The van der Waals surface area contributed by atoms with Crippen molar-refractivity contribution in [2.45, 2.75) is 44.9 Å². The van der Waals surface area contributed by atoms with Crippen LogP contribution in [0.3, 0.4) is 0 Å². The molecule has 0 radical (unpaired) electrons. The molecule has 0 heterocycles. The predicted molar refractivity (Wildman–Crippen MR) is 55.3 cm³/mol. The van der Waals surface area contributed by atoms with E-state index in [1.165, 1.54) is 0 Å². The molecule has 0 aromatic rings. The number of hydrogen-bond acceptors (Lipinski definition) is 2. The Bertz CT molecular complexity index is 142.